The number of nitrogens with zero attached hydrogens (tertiary/aromatic N) is 1. The van der Waals surface area contributed by atoms with Crippen LogP contribution in [-0.4, -0.2) is 47.4 Å². The highest BCUT2D eigenvalue weighted by Gasteiger charge is 2.40. The number of ketones is 1. The molecule has 7 nitrogen and oxygen atoms in total. The first-order valence-corrected chi connectivity index (χ1v) is 9.57. The van der Waals surface area contributed by atoms with Crippen molar-refractivity contribution in [3.05, 3.63) is 58.3 Å². The zero-order chi connectivity index (χ0) is 21.6. The summed E-state index contributed by atoms with van der Waals surface area (Å²) >= 11 is 0. The Morgan fingerprint density at radius 3 is 2.70 bits per heavy atom. The van der Waals surface area contributed by atoms with Crippen molar-refractivity contribution in [2.45, 2.75) is 25.4 Å². The summed E-state index contributed by atoms with van der Waals surface area (Å²) in [6.07, 6.45) is -1.08. The van der Waals surface area contributed by atoms with Crippen molar-refractivity contribution in [2.75, 3.05) is 20.3 Å². The number of hydrogen-bond acceptors (Lipinski definition) is 6. The molecule has 2 aromatic carbocycles. The monoisotopic (exact) mass is 406 g/mol. The predicted molar refractivity (Wildman–Crippen MR) is 110 cm³/mol. The molecule has 1 atom stereocenters. The maximum atomic E-state index is 13.4. The molecule has 0 aliphatic heterocycles. The van der Waals surface area contributed by atoms with Crippen molar-refractivity contribution in [3.63, 3.8) is 0 Å². The molecule has 7 heteroatoms. The number of benzene rings is 2. The van der Waals surface area contributed by atoms with Gasteiger partial charge in [-0.1, -0.05) is 19.9 Å². The fourth-order valence-electron chi connectivity index (χ4n) is 4.05. The van der Waals surface area contributed by atoms with E-state index < -0.39 is 18.1 Å². The molecule has 1 unspecified atom stereocenters. The van der Waals surface area contributed by atoms with E-state index >= 15 is 0 Å². The van der Waals surface area contributed by atoms with Gasteiger partial charge in [0.2, 0.25) is 0 Å². The molecular formula is C23H22N2O5. The maximum absolute atomic E-state index is 13.4. The van der Waals surface area contributed by atoms with Crippen molar-refractivity contribution in [3.8, 4) is 17.6 Å². The van der Waals surface area contributed by atoms with Gasteiger partial charge in [-0.05, 0) is 29.8 Å². The van der Waals surface area contributed by atoms with Crippen molar-refractivity contribution < 1.29 is 24.5 Å². The van der Waals surface area contributed by atoms with Gasteiger partial charge in [0.25, 0.3) is 0 Å². The molecule has 0 amide bonds. The summed E-state index contributed by atoms with van der Waals surface area (Å²) in [7, 11) is 1.58. The SMILES string of the molecule is COc1ccc2c(c1)C(C)(C)c1[nH]c3c(OCC(O)CO)c(C#N)ccc3c1C2=O. The average Bonchev–Trinajstić information content (AvgIpc) is 3.16. The molecule has 0 bridgehead atoms. The number of rotatable bonds is 5. The van der Waals surface area contributed by atoms with Crippen LogP contribution in [0.1, 0.15) is 46.6 Å². The summed E-state index contributed by atoms with van der Waals surface area (Å²) in [5.41, 5.74) is 3.00. The number of carbonyl (C=O) groups is 1. The van der Waals surface area contributed by atoms with E-state index in [1.54, 1.807) is 31.4 Å². The second-order valence-electron chi connectivity index (χ2n) is 7.86. The van der Waals surface area contributed by atoms with Gasteiger partial charge < -0.3 is 24.7 Å². The number of nitriles is 1. The topological polar surface area (TPSA) is 116 Å². The molecule has 0 saturated heterocycles. The number of aliphatic hydroxyl groups excluding tert-OH is 2. The quantitative estimate of drug-likeness (QED) is 0.600. The number of nitrogens with one attached hydrogen (secondary N) is 1. The van der Waals surface area contributed by atoms with Gasteiger partial charge in [-0.3, -0.25) is 4.79 Å². The van der Waals surface area contributed by atoms with Gasteiger partial charge in [-0.2, -0.15) is 5.26 Å². The standard InChI is InChI=1S/C23H22N2O5/c1-23(2)17-8-14(29-3)5-7-15(17)20(28)18-16-6-4-12(9-24)21(19(16)25-22(18)23)30-11-13(27)10-26/h4-8,13,25-27H,10-11H2,1-3H3. The van der Waals surface area contributed by atoms with E-state index in [1.807, 2.05) is 19.9 Å². The second-order valence-corrected chi connectivity index (χ2v) is 7.86. The summed E-state index contributed by atoms with van der Waals surface area (Å²) in [5, 5.41) is 28.9. The zero-order valence-electron chi connectivity index (χ0n) is 16.9. The van der Waals surface area contributed by atoms with Crippen LogP contribution in [0.2, 0.25) is 0 Å². The number of aromatic nitrogens is 1. The first-order valence-electron chi connectivity index (χ1n) is 9.57. The molecule has 1 aromatic heterocycles. The van der Waals surface area contributed by atoms with Crippen LogP contribution in [0.3, 0.4) is 0 Å². The van der Waals surface area contributed by atoms with Crippen molar-refractivity contribution in [1.29, 1.82) is 5.26 Å². The van der Waals surface area contributed by atoms with Crippen LogP contribution in [0.15, 0.2) is 30.3 Å². The van der Waals surface area contributed by atoms with E-state index in [9.17, 15) is 15.2 Å². The third-order valence-electron chi connectivity index (χ3n) is 5.68. The van der Waals surface area contributed by atoms with E-state index in [4.69, 9.17) is 14.6 Å². The Morgan fingerprint density at radius 1 is 1.27 bits per heavy atom. The summed E-state index contributed by atoms with van der Waals surface area (Å²) < 4.78 is 11.0. The highest BCUT2D eigenvalue weighted by Crippen LogP contribution is 2.46. The Balaban J connectivity index is 1.95. The summed E-state index contributed by atoms with van der Waals surface area (Å²) in [5.74, 6) is 0.810. The number of ether oxygens (including phenoxy) is 2. The molecule has 3 aromatic rings. The molecule has 1 aliphatic carbocycles. The molecule has 0 radical (unpaired) electrons. The van der Waals surface area contributed by atoms with Gasteiger partial charge in [0.15, 0.2) is 11.5 Å². The van der Waals surface area contributed by atoms with E-state index in [1.165, 1.54) is 0 Å². The largest absolute Gasteiger partial charge is 0.497 e. The number of methoxy groups -OCH3 is 1. The number of fused-ring (bicyclic) bond motifs is 4. The van der Waals surface area contributed by atoms with Gasteiger partial charge in [-0.25, -0.2) is 0 Å². The van der Waals surface area contributed by atoms with Crippen LogP contribution in [0.25, 0.3) is 10.9 Å². The lowest BCUT2D eigenvalue weighted by Crippen LogP contribution is -2.30. The lowest BCUT2D eigenvalue weighted by molar-refractivity contribution is 0.0539. The molecule has 1 aliphatic rings. The summed E-state index contributed by atoms with van der Waals surface area (Å²) in [6.45, 7) is 3.41. The lowest BCUT2D eigenvalue weighted by atomic mass is 9.71. The average molecular weight is 406 g/mol. The fraction of sp³-hybridized carbons (Fsp3) is 0.304. The second kappa shape index (κ2) is 7.17. The third kappa shape index (κ3) is 2.84. The normalized spacial score (nSPS) is 15.3. The van der Waals surface area contributed by atoms with E-state index in [0.717, 1.165) is 11.3 Å². The number of H-pyrrole nitrogens is 1. The van der Waals surface area contributed by atoms with Gasteiger partial charge in [0, 0.05) is 22.1 Å². The van der Waals surface area contributed by atoms with E-state index in [-0.39, 0.29) is 23.7 Å². The number of aliphatic hydroxyl groups is 2. The first kappa shape index (κ1) is 20.0. The summed E-state index contributed by atoms with van der Waals surface area (Å²) in [4.78, 5) is 16.7. The van der Waals surface area contributed by atoms with Crippen LogP contribution in [-0.2, 0) is 5.41 Å². The minimum absolute atomic E-state index is 0.112. The number of hydrogen-bond donors (Lipinski definition) is 3. The molecular weight excluding hydrogens is 384 g/mol. The van der Waals surface area contributed by atoms with Crippen LogP contribution < -0.4 is 9.47 Å². The first-order chi connectivity index (χ1) is 14.3. The highest BCUT2D eigenvalue weighted by atomic mass is 16.5. The zero-order valence-corrected chi connectivity index (χ0v) is 16.9. The van der Waals surface area contributed by atoms with E-state index in [2.05, 4.69) is 11.1 Å². The van der Waals surface area contributed by atoms with Crippen LogP contribution in [0.5, 0.6) is 11.5 Å². The molecule has 154 valence electrons. The van der Waals surface area contributed by atoms with Gasteiger partial charge in [-0.15, -0.1) is 0 Å². The number of aromatic amines is 1. The van der Waals surface area contributed by atoms with Crippen molar-refractivity contribution in [2.24, 2.45) is 0 Å². The predicted octanol–water partition coefficient (Wildman–Crippen LogP) is 2.65. The van der Waals surface area contributed by atoms with Crippen molar-refractivity contribution in [1.82, 2.24) is 4.98 Å². The van der Waals surface area contributed by atoms with Crippen molar-refractivity contribution >= 4 is 16.7 Å². The Morgan fingerprint density at radius 2 is 2.03 bits per heavy atom. The molecule has 30 heavy (non-hydrogen) atoms. The number of carbonyl (C=O) groups excluding carboxylic acids is 1. The maximum Gasteiger partial charge on any atom is 0.195 e. The molecule has 4 rings (SSSR count). The molecule has 0 fully saturated rings. The van der Waals surface area contributed by atoms with Crippen LogP contribution >= 0.6 is 0 Å². The Bertz CT molecular complexity index is 1200. The fourth-order valence-corrected chi connectivity index (χ4v) is 4.05. The Labute approximate surface area is 173 Å². The Kier molecular flexibility index (Phi) is 4.77. The molecule has 0 spiro atoms. The molecule has 3 N–H and O–H groups in total. The van der Waals surface area contributed by atoms with E-state index in [0.29, 0.717) is 27.8 Å². The molecule has 1 heterocycles. The summed E-state index contributed by atoms with van der Waals surface area (Å²) in [6, 6.07) is 10.8. The third-order valence-corrected chi connectivity index (χ3v) is 5.68. The van der Waals surface area contributed by atoms with Crippen LogP contribution in [0.4, 0.5) is 0 Å². The van der Waals surface area contributed by atoms with Crippen LogP contribution in [0, 0.1) is 11.3 Å². The lowest BCUT2D eigenvalue weighted by Gasteiger charge is -2.32. The highest BCUT2D eigenvalue weighted by molar-refractivity contribution is 6.20. The smallest absolute Gasteiger partial charge is 0.195 e. The Hall–Kier alpha value is -3.34. The van der Waals surface area contributed by atoms with Gasteiger partial charge in [0.05, 0.1) is 30.4 Å². The minimum Gasteiger partial charge on any atom is -0.497 e. The minimum atomic E-state index is -1.08. The van der Waals surface area contributed by atoms with Gasteiger partial charge in [0.1, 0.15) is 24.5 Å². The molecule has 0 saturated carbocycles. The van der Waals surface area contributed by atoms with Gasteiger partial charge >= 0.3 is 0 Å².